The fraction of sp³-hybridized carbons (Fsp3) is 0.308. The van der Waals surface area contributed by atoms with Crippen molar-refractivity contribution >= 4 is 40.5 Å². The van der Waals surface area contributed by atoms with Gasteiger partial charge in [0.25, 0.3) is 0 Å². The van der Waals surface area contributed by atoms with Crippen LogP contribution in [0.5, 0.6) is 0 Å². The van der Waals surface area contributed by atoms with Gasteiger partial charge < -0.3 is 15.7 Å². The highest BCUT2D eigenvalue weighted by molar-refractivity contribution is 7.80. The van der Waals surface area contributed by atoms with Gasteiger partial charge in [-0.1, -0.05) is 41.9 Å². The maximum absolute atomic E-state index is 13.2. The highest BCUT2D eigenvalue weighted by atomic mass is 35.5. The Bertz CT molecular complexity index is 499. The number of rotatable bonds is 6. The van der Waals surface area contributed by atoms with Crippen molar-refractivity contribution in [2.45, 2.75) is 12.5 Å². The summed E-state index contributed by atoms with van der Waals surface area (Å²) >= 11 is 17.2. The summed E-state index contributed by atoms with van der Waals surface area (Å²) in [5, 5.41) is 15.5. The molecule has 1 atom stereocenters. The second kappa shape index (κ2) is 8.42. The lowest BCUT2D eigenvalue weighted by atomic mass is 10.0. The summed E-state index contributed by atoms with van der Waals surface area (Å²) in [6.45, 7) is 3.50. The van der Waals surface area contributed by atoms with Gasteiger partial charge in [0, 0.05) is 13.0 Å². The van der Waals surface area contributed by atoms with E-state index in [9.17, 15) is 4.39 Å². The van der Waals surface area contributed by atoms with Crippen LogP contribution in [-0.2, 0) is 0 Å². The molecule has 0 saturated heterocycles. The van der Waals surface area contributed by atoms with Crippen molar-refractivity contribution in [3.63, 3.8) is 0 Å². The lowest BCUT2D eigenvalue weighted by Gasteiger charge is -2.22. The predicted molar refractivity (Wildman–Crippen MR) is 84.9 cm³/mol. The molecule has 0 aromatic heterocycles. The second-order valence-corrected chi connectivity index (χ2v) is 5.23. The van der Waals surface area contributed by atoms with Crippen LogP contribution in [0.3, 0.4) is 0 Å². The number of halogens is 3. The first-order valence-electron chi connectivity index (χ1n) is 5.88. The fourth-order valence-electron chi connectivity index (χ4n) is 1.63. The van der Waals surface area contributed by atoms with Crippen LogP contribution in [0.1, 0.15) is 18.0 Å². The molecule has 7 heteroatoms. The van der Waals surface area contributed by atoms with E-state index in [1.807, 2.05) is 0 Å². The molecule has 1 aromatic carbocycles. The van der Waals surface area contributed by atoms with Crippen LogP contribution in [0.2, 0.25) is 10.0 Å². The van der Waals surface area contributed by atoms with Crippen LogP contribution in [0.4, 0.5) is 4.39 Å². The molecule has 0 aliphatic rings. The maximum Gasteiger partial charge on any atom is 0.166 e. The second-order valence-electron chi connectivity index (χ2n) is 4.04. The maximum atomic E-state index is 13.2. The zero-order valence-electron chi connectivity index (χ0n) is 10.6. The third kappa shape index (κ3) is 5.25. The molecule has 0 spiro atoms. The Morgan fingerprint density at radius 3 is 2.75 bits per heavy atom. The van der Waals surface area contributed by atoms with E-state index >= 15 is 0 Å². The van der Waals surface area contributed by atoms with Crippen LogP contribution >= 0.6 is 35.4 Å². The molecule has 3 N–H and O–H groups in total. The number of benzene rings is 1. The average molecular weight is 337 g/mol. The van der Waals surface area contributed by atoms with E-state index in [0.717, 1.165) is 0 Å². The molecule has 1 unspecified atom stereocenters. The Morgan fingerprint density at radius 1 is 1.45 bits per heavy atom. The predicted octanol–water partition coefficient (Wildman–Crippen LogP) is 3.36. The molecule has 0 bridgehead atoms. The minimum atomic E-state index is -0.497. The minimum Gasteiger partial charge on any atom is -0.395 e. The van der Waals surface area contributed by atoms with Gasteiger partial charge >= 0.3 is 0 Å². The quantitative estimate of drug-likeness (QED) is 0.697. The molecule has 0 fully saturated rings. The van der Waals surface area contributed by atoms with Crippen molar-refractivity contribution in [2.75, 3.05) is 13.2 Å². The van der Waals surface area contributed by atoms with Gasteiger partial charge in [-0.3, -0.25) is 0 Å². The number of hydrogen-bond donors (Lipinski definition) is 3. The summed E-state index contributed by atoms with van der Waals surface area (Å²) in [7, 11) is 0. The van der Waals surface area contributed by atoms with Crippen LogP contribution in [-0.4, -0.2) is 23.4 Å². The first-order chi connectivity index (χ1) is 9.45. The molecule has 1 rings (SSSR count). The Morgan fingerprint density at radius 2 is 2.15 bits per heavy atom. The zero-order chi connectivity index (χ0) is 15.1. The van der Waals surface area contributed by atoms with Crippen LogP contribution in [0.25, 0.3) is 0 Å². The van der Waals surface area contributed by atoms with Crippen molar-refractivity contribution in [1.82, 2.24) is 10.6 Å². The van der Waals surface area contributed by atoms with Crippen LogP contribution < -0.4 is 10.6 Å². The third-order valence-electron chi connectivity index (χ3n) is 2.49. The molecular weight excluding hydrogens is 322 g/mol. The standard InChI is InChI=1S/C13H15Cl2FN2OS/c1-8(16)7-11(18-13(20)17-5-6-19)9-3-2-4-10(14)12(9)15/h2-4,11,19H,1,5-7H2,(H2,17,18,20). The molecule has 0 radical (unpaired) electrons. The topological polar surface area (TPSA) is 44.3 Å². The Kier molecular flexibility index (Phi) is 7.23. The van der Waals surface area contributed by atoms with Crippen molar-refractivity contribution in [3.8, 4) is 0 Å². The Balaban J connectivity index is 2.91. The van der Waals surface area contributed by atoms with E-state index in [2.05, 4.69) is 17.2 Å². The van der Waals surface area contributed by atoms with Gasteiger partial charge in [0.05, 0.1) is 28.5 Å². The Hall–Kier alpha value is -0.880. The van der Waals surface area contributed by atoms with Crippen molar-refractivity contribution in [3.05, 3.63) is 46.2 Å². The smallest absolute Gasteiger partial charge is 0.166 e. The molecule has 110 valence electrons. The van der Waals surface area contributed by atoms with E-state index < -0.39 is 11.9 Å². The third-order valence-corrected chi connectivity index (χ3v) is 3.58. The van der Waals surface area contributed by atoms with E-state index in [1.54, 1.807) is 18.2 Å². The minimum absolute atomic E-state index is 0.0149. The van der Waals surface area contributed by atoms with Gasteiger partial charge in [-0.25, -0.2) is 4.39 Å². The summed E-state index contributed by atoms with van der Waals surface area (Å²) in [6.07, 6.45) is 0.0149. The van der Waals surface area contributed by atoms with Gasteiger partial charge in [-0.2, -0.15) is 0 Å². The fourth-order valence-corrected chi connectivity index (χ4v) is 2.31. The van der Waals surface area contributed by atoms with E-state index in [0.29, 0.717) is 27.3 Å². The van der Waals surface area contributed by atoms with Crippen LogP contribution in [0.15, 0.2) is 30.6 Å². The normalized spacial score (nSPS) is 11.8. The molecule has 0 aliphatic carbocycles. The highest BCUT2D eigenvalue weighted by Gasteiger charge is 2.18. The van der Waals surface area contributed by atoms with Crippen LogP contribution in [0, 0.1) is 0 Å². The number of nitrogens with one attached hydrogen (secondary N) is 2. The number of aliphatic hydroxyl groups excluding tert-OH is 1. The first-order valence-corrected chi connectivity index (χ1v) is 7.04. The molecular formula is C13H15Cl2FN2OS. The summed E-state index contributed by atoms with van der Waals surface area (Å²) in [5.41, 5.74) is 0.631. The van der Waals surface area contributed by atoms with Gasteiger partial charge in [0.15, 0.2) is 5.11 Å². The molecule has 0 heterocycles. The number of hydrogen-bond acceptors (Lipinski definition) is 2. The lowest BCUT2D eigenvalue weighted by Crippen LogP contribution is -2.39. The first kappa shape index (κ1) is 17.2. The molecule has 0 saturated carbocycles. The summed E-state index contributed by atoms with van der Waals surface area (Å²) in [4.78, 5) is 0. The van der Waals surface area contributed by atoms with Crippen molar-refractivity contribution < 1.29 is 9.50 Å². The van der Waals surface area contributed by atoms with Gasteiger partial charge in [0.1, 0.15) is 0 Å². The molecule has 20 heavy (non-hydrogen) atoms. The summed E-state index contributed by atoms with van der Waals surface area (Å²) in [5.74, 6) is -0.497. The largest absolute Gasteiger partial charge is 0.395 e. The van der Waals surface area contributed by atoms with Crippen molar-refractivity contribution in [1.29, 1.82) is 0 Å². The number of aliphatic hydroxyl groups is 1. The van der Waals surface area contributed by atoms with Gasteiger partial charge in [-0.15, -0.1) is 0 Å². The van der Waals surface area contributed by atoms with Gasteiger partial charge in [-0.05, 0) is 23.8 Å². The lowest BCUT2D eigenvalue weighted by molar-refractivity contribution is 0.300. The molecule has 3 nitrogen and oxygen atoms in total. The molecule has 0 amide bonds. The zero-order valence-corrected chi connectivity index (χ0v) is 13.0. The monoisotopic (exact) mass is 336 g/mol. The molecule has 0 aliphatic heterocycles. The van der Waals surface area contributed by atoms with E-state index in [1.165, 1.54) is 0 Å². The summed E-state index contributed by atoms with van der Waals surface area (Å²) < 4.78 is 13.2. The van der Waals surface area contributed by atoms with E-state index in [4.69, 9.17) is 40.5 Å². The van der Waals surface area contributed by atoms with E-state index in [-0.39, 0.29) is 13.0 Å². The number of thiocarbonyl (C=S) groups is 1. The van der Waals surface area contributed by atoms with Crippen molar-refractivity contribution in [2.24, 2.45) is 0 Å². The highest BCUT2D eigenvalue weighted by Crippen LogP contribution is 2.32. The molecule has 1 aromatic rings. The SMILES string of the molecule is C=C(F)CC(NC(=S)NCCO)c1cccc(Cl)c1Cl. The summed E-state index contributed by atoms with van der Waals surface area (Å²) in [6, 6.07) is 4.63. The Labute approximate surface area is 132 Å². The van der Waals surface area contributed by atoms with Gasteiger partial charge in [0.2, 0.25) is 0 Å². The average Bonchev–Trinajstić information content (AvgIpc) is 2.38.